The van der Waals surface area contributed by atoms with Crippen molar-refractivity contribution in [3.05, 3.63) is 70.8 Å². The van der Waals surface area contributed by atoms with Gasteiger partial charge in [0.2, 0.25) is 11.8 Å². The van der Waals surface area contributed by atoms with Crippen LogP contribution in [-0.4, -0.2) is 46.3 Å². The third-order valence-corrected chi connectivity index (χ3v) is 7.08. The highest BCUT2D eigenvalue weighted by Crippen LogP contribution is 2.34. The molecule has 0 bridgehead atoms. The number of nitrogen functional groups attached to an aromatic ring is 1. The summed E-state index contributed by atoms with van der Waals surface area (Å²) < 4.78 is 0. The number of carboxylic acids is 1. The van der Waals surface area contributed by atoms with Crippen LogP contribution in [0.2, 0.25) is 0 Å². The molecule has 0 heterocycles. The highest BCUT2D eigenvalue weighted by atomic mass is 16.4. The van der Waals surface area contributed by atoms with Gasteiger partial charge in [-0.25, -0.2) is 0 Å². The second kappa shape index (κ2) is 9.87. The van der Waals surface area contributed by atoms with Gasteiger partial charge in [-0.3, -0.25) is 25.1 Å². The Hall–Kier alpha value is -3.72. The molecule has 2 aromatic carbocycles. The molecule has 4 rings (SSSR count). The molecule has 2 amide bonds. The van der Waals surface area contributed by atoms with Gasteiger partial charge in [0.25, 0.3) is 0 Å². The molecule has 9 heteroatoms. The van der Waals surface area contributed by atoms with Gasteiger partial charge in [-0.15, -0.1) is 0 Å². The van der Waals surface area contributed by atoms with Crippen molar-refractivity contribution >= 4 is 23.6 Å². The van der Waals surface area contributed by atoms with Crippen LogP contribution >= 0.6 is 0 Å². The van der Waals surface area contributed by atoms with Crippen LogP contribution in [-0.2, 0) is 33.8 Å². The Morgan fingerprint density at radius 3 is 2.06 bits per heavy atom. The first-order valence-electron chi connectivity index (χ1n) is 11.8. The SMILES string of the molecule is N=C(N)c1ccc(CNC(=O)C2(NC(=O)C3(NCC(=O)O)CCCC3)Cc3ccccc3C2)cc1. The number of carbonyl (C=O) groups is 3. The molecule has 2 aromatic rings. The number of fused-ring (bicyclic) bond motifs is 1. The van der Waals surface area contributed by atoms with Crippen molar-refractivity contribution in [2.75, 3.05) is 6.54 Å². The molecule has 184 valence electrons. The zero-order valence-corrected chi connectivity index (χ0v) is 19.5. The van der Waals surface area contributed by atoms with Gasteiger partial charge < -0.3 is 21.5 Å². The van der Waals surface area contributed by atoms with Crippen LogP contribution < -0.4 is 21.7 Å². The number of hydrogen-bond acceptors (Lipinski definition) is 5. The summed E-state index contributed by atoms with van der Waals surface area (Å²) in [6, 6.07) is 14.8. The highest BCUT2D eigenvalue weighted by Gasteiger charge is 2.49. The molecule has 2 aliphatic rings. The lowest BCUT2D eigenvalue weighted by molar-refractivity contribution is -0.139. The minimum atomic E-state index is -1.17. The Kier molecular flexibility index (Phi) is 6.88. The number of nitrogens with one attached hydrogen (secondary N) is 4. The Balaban J connectivity index is 1.54. The molecule has 1 fully saturated rings. The first-order chi connectivity index (χ1) is 16.7. The molecule has 0 saturated heterocycles. The second-order valence-corrected chi connectivity index (χ2v) is 9.49. The van der Waals surface area contributed by atoms with E-state index in [-0.39, 0.29) is 30.7 Å². The van der Waals surface area contributed by atoms with Crippen molar-refractivity contribution in [2.24, 2.45) is 5.73 Å². The van der Waals surface area contributed by atoms with E-state index in [0.29, 0.717) is 31.2 Å². The fourth-order valence-corrected chi connectivity index (χ4v) is 5.12. The summed E-state index contributed by atoms with van der Waals surface area (Å²) in [5.41, 5.74) is 6.81. The normalized spacial score (nSPS) is 17.4. The largest absolute Gasteiger partial charge is 0.480 e. The standard InChI is InChI=1S/C26H31N5O4/c27-22(28)18-9-7-17(8-10-18)15-29-23(34)26(13-19-5-1-2-6-20(19)14-26)31-24(35)25(11-3-4-12-25)30-16-21(32)33/h1-2,5-10,30H,3-4,11-16H2,(H3,27,28)(H,29,34)(H,31,35)(H,32,33). The number of benzene rings is 2. The van der Waals surface area contributed by atoms with E-state index in [1.54, 1.807) is 24.3 Å². The number of aliphatic carboxylic acids is 1. The first kappa shape index (κ1) is 24.4. The molecule has 9 nitrogen and oxygen atoms in total. The molecule has 0 atom stereocenters. The average molecular weight is 478 g/mol. The topological polar surface area (TPSA) is 157 Å². The summed E-state index contributed by atoms with van der Waals surface area (Å²) >= 11 is 0. The van der Waals surface area contributed by atoms with Gasteiger partial charge in [0.1, 0.15) is 11.4 Å². The Labute approximate surface area is 204 Å². The van der Waals surface area contributed by atoms with Gasteiger partial charge in [0.05, 0.1) is 12.1 Å². The summed E-state index contributed by atoms with van der Waals surface area (Å²) in [6.45, 7) is -0.0590. The Morgan fingerprint density at radius 2 is 1.51 bits per heavy atom. The summed E-state index contributed by atoms with van der Waals surface area (Å²) in [5.74, 6) is -1.67. The van der Waals surface area contributed by atoms with Crippen LogP contribution in [0.25, 0.3) is 0 Å². The molecule has 0 aromatic heterocycles. The lowest BCUT2D eigenvalue weighted by Gasteiger charge is -2.35. The van der Waals surface area contributed by atoms with E-state index >= 15 is 0 Å². The van der Waals surface area contributed by atoms with Gasteiger partial charge >= 0.3 is 5.97 Å². The maximum Gasteiger partial charge on any atom is 0.317 e. The fourth-order valence-electron chi connectivity index (χ4n) is 5.12. The van der Waals surface area contributed by atoms with E-state index in [2.05, 4.69) is 16.0 Å². The molecule has 0 spiro atoms. The molecule has 7 N–H and O–H groups in total. The minimum absolute atomic E-state index is 0.0247. The number of amidine groups is 1. The number of carboxylic acid groups (broad SMARTS) is 1. The van der Waals surface area contributed by atoms with Gasteiger partial charge in [-0.1, -0.05) is 61.4 Å². The van der Waals surface area contributed by atoms with Crippen molar-refractivity contribution in [1.29, 1.82) is 5.41 Å². The van der Waals surface area contributed by atoms with E-state index < -0.39 is 17.0 Å². The summed E-state index contributed by atoms with van der Waals surface area (Å²) in [4.78, 5) is 38.4. The number of nitrogens with two attached hydrogens (primary N) is 1. The summed E-state index contributed by atoms with van der Waals surface area (Å²) in [6.07, 6.45) is 3.40. The summed E-state index contributed by atoms with van der Waals surface area (Å²) in [5, 5.41) is 25.6. The van der Waals surface area contributed by atoms with Gasteiger partial charge in [0.15, 0.2) is 0 Å². The van der Waals surface area contributed by atoms with Crippen molar-refractivity contribution in [1.82, 2.24) is 16.0 Å². The monoisotopic (exact) mass is 477 g/mol. The maximum absolute atomic E-state index is 13.6. The molecule has 0 radical (unpaired) electrons. The zero-order valence-electron chi connectivity index (χ0n) is 19.5. The molecule has 35 heavy (non-hydrogen) atoms. The smallest absolute Gasteiger partial charge is 0.317 e. The van der Waals surface area contributed by atoms with E-state index in [1.165, 1.54) is 0 Å². The van der Waals surface area contributed by atoms with Crippen molar-refractivity contribution in [2.45, 2.75) is 56.1 Å². The van der Waals surface area contributed by atoms with Crippen LogP contribution in [0.5, 0.6) is 0 Å². The quantitative estimate of drug-likeness (QED) is 0.235. The fraction of sp³-hybridized carbons (Fsp3) is 0.385. The third kappa shape index (κ3) is 5.19. The second-order valence-electron chi connectivity index (χ2n) is 9.49. The van der Waals surface area contributed by atoms with E-state index in [9.17, 15) is 14.4 Å². The lowest BCUT2D eigenvalue weighted by atomic mass is 9.89. The predicted octanol–water partition coefficient (Wildman–Crippen LogP) is 1.23. The molecule has 0 unspecified atom stereocenters. The van der Waals surface area contributed by atoms with Crippen LogP contribution in [0.3, 0.4) is 0 Å². The van der Waals surface area contributed by atoms with Crippen LogP contribution in [0.1, 0.15) is 47.9 Å². The average Bonchev–Trinajstić information content (AvgIpc) is 3.47. The van der Waals surface area contributed by atoms with Crippen LogP contribution in [0, 0.1) is 5.41 Å². The van der Waals surface area contributed by atoms with Crippen molar-refractivity contribution in [3.63, 3.8) is 0 Å². The predicted molar refractivity (Wildman–Crippen MR) is 131 cm³/mol. The highest BCUT2D eigenvalue weighted by molar-refractivity contribution is 5.96. The van der Waals surface area contributed by atoms with Crippen molar-refractivity contribution in [3.8, 4) is 0 Å². The molecule has 2 aliphatic carbocycles. The molecule has 1 saturated carbocycles. The molecular weight excluding hydrogens is 446 g/mol. The van der Waals surface area contributed by atoms with Crippen molar-refractivity contribution < 1.29 is 19.5 Å². The summed E-state index contributed by atoms with van der Waals surface area (Å²) in [7, 11) is 0. The Morgan fingerprint density at radius 1 is 0.914 bits per heavy atom. The number of carbonyl (C=O) groups excluding carboxylic acids is 2. The maximum atomic E-state index is 13.6. The number of hydrogen-bond donors (Lipinski definition) is 6. The third-order valence-electron chi connectivity index (χ3n) is 7.08. The van der Waals surface area contributed by atoms with E-state index in [0.717, 1.165) is 29.5 Å². The van der Waals surface area contributed by atoms with Gasteiger partial charge in [-0.2, -0.15) is 0 Å². The zero-order chi connectivity index (χ0) is 25.1. The van der Waals surface area contributed by atoms with E-state index in [4.69, 9.17) is 16.2 Å². The Bertz CT molecular complexity index is 1110. The molecule has 0 aliphatic heterocycles. The number of rotatable bonds is 9. The van der Waals surface area contributed by atoms with Gasteiger partial charge in [-0.05, 0) is 29.5 Å². The van der Waals surface area contributed by atoms with Crippen LogP contribution in [0.4, 0.5) is 0 Å². The first-order valence-corrected chi connectivity index (χ1v) is 11.8. The lowest BCUT2D eigenvalue weighted by Crippen LogP contribution is -2.66. The van der Waals surface area contributed by atoms with E-state index in [1.807, 2.05) is 24.3 Å². The molecular formula is C26H31N5O4. The van der Waals surface area contributed by atoms with Gasteiger partial charge in [0, 0.05) is 24.9 Å². The minimum Gasteiger partial charge on any atom is -0.480 e. The number of amides is 2. The van der Waals surface area contributed by atoms with Crippen LogP contribution in [0.15, 0.2) is 48.5 Å².